The molecule has 0 radical (unpaired) electrons. The molecule has 18 heavy (non-hydrogen) atoms. The van der Waals surface area contributed by atoms with Gasteiger partial charge in [-0.3, -0.25) is 9.97 Å². The van der Waals surface area contributed by atoms with E-state index in [4.69, 9.17) is 0 Å². The fourth-order valence-electron chi connectivity index (χ4n) is 1.89. The average molecular weight is 319 g/mol. The minimum Gasteiger partial charge on any atom is -0.253 e. The molecule has 1 atom stereocenters. The summed E-state index contributed by atoms with van der Waals surface area (Å²) in [7, 11) is 0. The standard InChI is InChI=1S/C14H11BrN2S/c15-12(14-8-16-9-18-14)7-11-6-5-10-3-1-2-4-13(10)17-11/h1-6,8-9,12H,7H2. The first-order valence-electron chi connectivity index (χ1n) is 5.70. The molecule has 90 valence electrons. The van der Waals surface area contributed by atoms with E-state index in [1.54, 1.807) is 11.3 Å². The smallest absolute Gasteiger partial charge is 0.0794 e. The molecule has 1 aromatic carbocycles. The predicted octanol–water partition coefficient (Wildman–Crippen LogP) is 4.37. The zero-order valence-corrected chi connectivity index (χ0v) is 12.0. The third-order valence-electron chi connectivity index (χ3n) is 2.80. The molecule has 1 unspecified atom stereocenters. The van der Waals surface area contributed by atoms with Gasteiger partial charge in [0.25, 0.3) is 0 Å². The summed E-state index contributed by atoms with van der Waals surface area (Å²) in [5.41, 5.74) is 4.01. The summed E-state index contributed by atoms with van der Waals surface area (Å²) in [6.45, 7) is 0. The van der Waals surface area contributed by atoms with Crippen molar-refractivity contribution >= 4 is 38.2 Å². The van der Waals surface area contributed by atoms with Crippen LogP contribution in [0.3, 0.4) is 0 Å². The number of nitrogens with zero attached hydrogens (tertiary/aromatic N) is 2. The molecule has 0 saturated heterocycles. The molecule has 0 saturated carbocycles. The summed E-state index contributed by atoms with van der Waals surface area (Å²) in [6.07, 6.45) is 2.79. The summed E-state index contributed by atoms with van der Waals surface area (Å²) in [6, 6.07) is 12.4. The van der Waals surface area contributed by atoms with Crippen LogP contribution in [-0.4, -0.2) is 9.97 Å². The number of aromatic nitrogens is 2. The van der Waals surface area contributed by atoms with Crippen molar-refractivity contribution in [1.82, 2.24) is 9.97 Å². The Labute approximate surface area is 118 Å². The number of alkyl halides is 1. The third kappa shape index (κ3) is 2.44. The van der Waals surface area contributed by atoms with E-state index in [-0.39, 0.29) is 0 Å². The summed E-state index contributed by atoms with van der Waals surface area (Å²) < 4.78 is 0. The van der Waals surface area contributed by atoms with E-state index in [0.29, 0.717) is 4.83 Å². The van der Waals surface area contributed by atoms with E-state index >= 15 is 0 Å². The van der Waals surface area contributed by atoms with Gasteiger partial charge in [0.05, 0.1) is 15.9 Å². The number of para-hydroxylation sites is 1. The van der Waals surface area contributed by atoms with Gasteiger partial charge in [0.1, 0.15) is 0 Å². The maximum atomic E-state index is 4.68. The van der Waals surface area contributed by atoms with E-state index in [0.717, 1.165) is 17.6 Å². The van der Waals surface area contributed by atoms with Crippen LogP contribution < -0.4 is 0 Å². The lowest BCUT2D eigenvalue weighted by molar-refractivity contribution is 0.926. The molecule has 3 aromatic rings. The zero-order valence-electron chi connectivity index (χ0n) is 9.58. The molecule has 0 fully saturated rings. The van der Waals surface area contributed by atoms with Crippen LogP contribution in [0.25, 0.3) is 10.9 Å². The van der Waals surface area contributed by atoms with Crippen molar-refractivity contribution in [2.75, 3.05) is 0 Å². The molecule has 0 N–H and O–H groups in total. The first-order valence-corrected chi connectivity index (χ1v) is 7.49. The molecule has 4 heteroatoms. The topological polar surface area (TPSA) is 25.8 Å². The number of halogens is 1. The van der Waals surface area contributed by atoms with E-state index < -0.39 is 0 Å². The van der Waals surface area contributed by atoms with Gasteiger partial charge in [0, 0.05) is 28.6 Å². The first-order chi connectivity index (χ1) is 8.83. The van der Waals surface area contributed by atoms with Crippen molar-refractivity contribution in [3.63, 3.8) is 0 Å². The van der Waals surface area contributed by atoms with Gasteiger partial charge in [-0.2, -0.15) is 0 Å². The summed E-state index contributed by atoms with van der Waals surface area (Å²) in [5.74, 6) is 0. The Balaban J connectivity index is 1.86. The predicted molar refractivity (Wildman–Crippen MR) is 79.2 cm³/mol. The normalized spacial score (nSPS) is 12.7. The molecule has 2 nitrogen and oxygen atoms in total. The van der Waals surface area contributed by atoms with Gasteiger partial charge in [-0.15, -0.1) is 11.3 Å². The van der Waals surface area contributed by atoms with Crippen molar-refractivity contribution in [2.45, 2.75) is 11.2 Å². The third-order valence-corrected chi connectivity index (χ3v) is 4.81. The summed E-state index contributed by atoms with van der Waals surface area (Å²) in [5, 5.41) is 1.19. The van der Waals surface area contributed by atoms with Gasteiger partial charge in [-0.05, 0) is 12.1 Å². The monoisotopic (exact) mass is 318 g/mol. The highest BCUT2D eigenvalue weighted by molar-refractivity contribution is 9.09. The lowest BCUT2D eigenvalue weighted by atomic mass is 10.1. The van der Waals surface area contributed by atoms with Crippen molar-refractivity contribution in [3.05, 3.63) is 58.7 Å². The second-order valence-electron chi connectivity index (χ2n) is 4.07. The average Bonchev–Trinajstić information content (AvgIpc) is 2.92. The minimum absolute atomic E-state index is 0.290. The maximum absolute atomic E-state index is 4.68. The van der Waals surface area contributed by atoms with E-state index in [9.17, 15) is 0 Å². The molecule has 0 amide bonds. The first kappa shape index (κ1) is 11.8. The molecule has 0 aliphatic rings. The van der Waals surface area contributed by atoms with Crippen LogP contribution in [0.2, 0.25) is 0 Å². The number of pyridine rings is 1. The molecule has 2 heterocycles. The van der Waals surface area contributed by atoms with Gasteiger partial charge in [-0.1, -0.05) is 40.2 Å². The van der Waals surface area contributed by atoms with Crippen LogP contribution >= 0.6 is 27.3 Å². The Morgan fingerprint density at radius 1 is 1.17 bits per heavy atom. The highest BCUT2D eigenvalue weighted by Crippen LogP contribution is 2.29. The largest absolute Gasteiger partial charge is 0.253 e. The van der Waals surface area contributed by atoms with Crippen LogP contribution in [-0.2, 0) is 6.42 Å². The number of hydrogen-bond acceptors (Lipinski definition) is 3. The highest BCUT2D eigenvalue weighted by atomic mass is 79.9. The van der Waals surface area contributed by atoms with E-state index in [1.165, 1.54) is 10.3 Å². The Morgan fingerprint density at radius 3 is 2.89 bits per heavy atom. The Bertz CT molecular complexity index is 652. The van der Waals surface area contributed by atoms with Crippen LogP contribution in [0.5, 0.6) is 0 Å². The van der Waals surface area contributed by atoms with Gasteiger partial charge in [0.15, 0.2) is 0 Å². The fourth-order valence-corrected chi connectivity index (χ4v) is 3.26. The summed E-state index contributed by atoms with van der Waals surface area (Å²) >= 11 is 5.36. The molecule has 3 rings (SSSR count). The fraction of sp³-hybridized carbons (Fsp3) is 0.143. The Kier molecular flexibility index (Phi) is 3.39. The molecule has 0 spiro atoms. The maximum Gasteiger partial charge on any atom is 0.0794 e. The van der Waals surface area contributed by atoms with Crippen molar-refractivity contribution in [2.24, 2.45) is 0 Å². The van der Waals surface area contributed by atoms with E-state index in [2.05, 4.69) is 50.2 Å². The lowest BCUT2D eigenvalue weighted by Gasteiger charge is -2.07. The molecular weight excluding hydrogens is 308 g/mol. The molecule has 0 aliphatic heterocycles. The van der Waals surface area contributed by atoms with Gasteiger partial charge in [0.2, 0.25) is 0 Å². The molecule has 2 aromatic heterocycles. The van der Waals surface area contributed by atoms with Gasteiger partial charge >= 0.3 is 0 Å². The second-order valence-corrected chi connectivity index (χ2v) is 6.09. The number of thiazole rings is 1. The van der Waals surface area contributed by atoms with Gasteiger partial charge in [-0.25, -0.2) is 0 Å². The van der Waals surface area contributed by atoms with Crippen LogP contribution in [0, 0.1) is 0 Å². The summed E-state index contributed by atoms with van der Waals surface area (Å²) in [4.78, 5) is 10.3. The lowest BCUT2D eigenvalue weighted by Crippen LogP contribution is -1.96. The Morgan fingerprint density at radius 2 is 2.06 bits per heavy atom. The number of benzene rings is 1. The van der Waals surface area contributed by atoms with Gasteiger partial charge < -0.3 is 0 Å². The quantitative estimate of drug-likeness (QED) is 0.670. The molecule has 0 aliphatic carbocycles. The van der Waals surface area contributed by atoms with Crippen molar-refractivity contribution in [3.8, 4) is 0 Å². The van der Waals surface area contributed by atoms with Crippen LogP contribution in [0.15, 0.2) is 48.1 Å². The SMILES string of the molecule is BrC(Cc1ccc2ccccc2n1)c1cncs1. The molecule has 0 bridgehead atoms. The Hall–Kier alpha value is -1.26. The number of fused-ring (bicyclic) bond motifs is 1. The minimum atomic E-state index is 0.290. The second kappa shape index (κ2) is 5.16. The van der Waals surface area contributed by atoms with E-state index in [1.807, 2.05) is 23.8 Å². The van der Waals surface area contributed by atoms with Crippen LogP contribution in [0.1, 0.15) is 15.4 Å². The van der Waals surface area contributed by atoms with Crippen molar-refractivity contribution in [1.29, 1.82) is 0 Å². The number of rotatable bonds is 3. The zero-order chi connectivity index (χ0) is 12.4. The highest BCUT2D eigenvalue weighted by Gasteiger charge is 2.11. The molecular formula is C14H11BrN2S. The van der Waals surface area contributed by atoms with Crippen molar-refractivity contribution < 1.29 is 0 Å². The number of hydrogen-bond donors (Lipinski definition) is 0. The van der Waals surface area contributed by atoms with Crippen LogP contribution in [0.4, 0.5) is 0 Å².